The zero-order chi connectivity index (χ0) is 16.1. The van der Waals surface area contributed by atoms with Crippen LogP contribution in [0, 0.1) is 11.6 Å². The predicted molar refractivity (Wildman–Crippen MR) is 83.3 cm³/mol. The van der Waals surface area contributed by atoms with Gasteiger partial charge in [0.15, 0.2) is 0 Å². The van der Waals surface area contributed by atoms with Gasteiger partial charge in [-0.25, -0.2) is 17.2 Å². The van der Waals surface area contributed by atoms with E-state index in [1.165, 1.54) is 4.31 Å². The van der Waals surface area contributed by atoms with Crippen molar-refractivity contribution in [2.45, 2.75) is 24.3 Å². The summed E-state index contributed by atoms with van der Waals surface area (Å²) < 4.78 is 54.2. The average molecular weight is 388 g/mol. The summed E-state index contributed by atoms with van der Waals surface area (Å²) in [6.07, 6.45) is 0.551. The van der Waals surface area contributed by atoms with Crippen LogP contribution in [0.3, 0.4) is 0 Å². The Morgan fingerprint density at radius 3 is 2.59 bits per heavy atom. The van der Waals surface area contributed by atoms with E-state index in [4.69, 9.17) is 0 Å². The van der Waals surface area contributed by atoms with Crippen molar-refractivity contribution >= 4 is 31.6 Å². The first-order valence-electron chi connectivity index (χ1n) is 6.59. The lowest BCUT2D eigenvalue weighted by molar-refractivity contribution is 0.542. The van der Waals surface area contributed by atoms with Crippen LogP contribution in [-0.4, -0.2) is 14.5 Å². The minimum absolute atomic E-state index is 0.124. The fourth-order valence-corrected chi connectivity index (χ4v) is 5.59. The van der Waals surface area contributed by atoms with Gasteiger partial charge in [0.2, 0.25) is 0 Å². The number of para-hydroxylation sites is 1. The highest BCUT2D eigenvalue weighted by Crippen LogP contribution is 2.39. The summed E-state index contributed by atoms with van der Waals surface area (Å²) in [6, 6.07) is 8.28. The molecule has 3 rings (SSSR count). The molecule has 0 unspecified atom stereocenters. The molecule has 0 fully saturated rings. The van der Waals surface area contributed by atoms with Crippen LogP contribution >= 0.6 is 15.9 Å². The number of sulfonamides is 1. The zero-order valence-corrected chi connectivity index (χ0v) is 14.0. The van der Waals surface area contributed by atoms with Crippen LogP contribution in [0.15, 0.2) is 45.8 Å². The number of hydrogen-bond donors (Lipinski definition) is 0. The van der Waals surface area contributed by atoms with Crippen molar-refractivity contribution in [3.63, 3.8) is 0 Å². The van der Waals surface area contributed by atoms with Gasteiger partial charge in [0.25, 0.3) is 10.0 Å². The molecule has 0 radical (unpaired) electrons. The second-order valence-electron chi connectivity index (χ2n) is 5.18. The molecule has 0 aliphatic carbocycles. The van der Waals surface area contributed by atoms with E-state index in [2.05, 4.69) is 15.9 Å². The maximum absolute atomic E-state index is 14.1. The molecule has 7 heteroatoms. The highest BCUT2D eigenvalue weighted by Gasteiger charge is 2.38. The Labute approximate surface area is 135 Å². The molecule has 0 saturated carbocycles. The van der Waals surface area contributed by atoms with Crippen LogP contribution in [0.25, 0.3) is 0 Å². The number of halogens is 3. The number of fused-ring (bicyclic) bond motifs is 1. The summed E-state index contributed by atoms with van der Waals surface area (Å²) in [6.45, 7) is 1.76. The van der Waals surface area contributed by atoms with Crippen LogP contribution in [0.5, 0.6) is 0 Å². The fourth-order valence-electron chi connectivity index (χ4n) is 2.78. The lowest BCUT2D eigenvalue weighted by Crippen LogP contribution is -2.36. The molecule has 116 valence electrons. The topological polar surface area (TPSA) is 37.4 Å². The lowest BCUT2D eigenvalue weighted by Gasteiger charge is -2.25. The van der Waals surface area contributed by atoms with E-state index < -0.39 is 26.6 Å². The van der Waals surface area contributed by atoms with Crippen molar-refractivity contribution in [2.75, 3.05) is 4.31 Å². The normalized spacial score (nSPS) is 17.6. The molecule has 0 saturated heterocycles. The Kier molecular flexibility index (Phi) is 3.72. The van der Waals surface area contributed by atoms with E-state index >= 15 is 0 Å². The third-order valence-corrected chi connectivity index (χ3v) is 6.52. The smallest absolute Gasteiger partial charge is 0.263 e. The molecule has 1 aliphatic heterocycles. The molecular formula is C15H12BrF2NO2S. The quantitative estimate of drug-likeness (QED) is 0.784. The van der Waals surface area contributed by atoms with E-state index in [1.807, 2.05) is 12.1 Å². The molecule has 1 heterocycles. The zero-order valence-electron chi connectivity index (χ0n) is 11.6. The number of benzene rings is 2. The fraction of sp³-hybridized carbons (Fsp3) is 0.200. The summed E-state index contributed by atoms with van der Waals surface area (Å²) in [4.78, 5) is -0.544. The summed E-state index contributed by atoms with van der Waals surface area (Å²) in [5.74, 6) is -1.94. The van der Waals surface area contributed by atoms with E-state index in [-0.39, 0.29) is 10.5 Å². The van der Waals surface area contributed by atoms with Crippen LogP contribution in [0.1, 0.15) is 12.5 Å². The van der Waals surface area contributed by atoms with E-state index in [9.17, 15) is 17.2 Å². The second kappa shape index (κ2) is 5.31. The molecule has 1 aliphatic rings. The molecule has 0 bridgehead atoms. The Balaban J connectivity index is 2.20. The van der Waals surface area contributed by atoms with Crippen LogP contribution in [0.4, 0.5) is 14.5 Å². The molecule has 22 heavy (non-hydrogen) atoms. The van der Waals surface area contributed by atoms with E-state index in [0.29, 0.717) is 18.2 Å². The van der Waals surface area contributed by atoms with Gasteiger partial charge in [-0.2, -0.15) is 0 Å². The van der Waals surface area contributed by atoms with Crippen LogP contribution < -0.4 is 4.31 Å². The van der Waals surface area contributed by atoms with Gasteiger partial charge < -0.3 is 0 Å². The van der Waals surface area contributed by atoms with Crippen molar-refractivity contribution in [2.24, 2.45) is 0 Å². The highest BCUT2D eigenvalue weighted by molar-refractivity contribution is 9.10. The maximum Gasteiger partial charge on any atom is 0.268 e. The first kappa shape index (κ1) is 15.4. The van der Waals surface area contributed by atoms with Crippen molar-refractivity contribution in [3.8, 4) is 0 Å². The van der Waals surface area contributed by atoms with Gasteiger partial charge in [0.05, 0.1) is 5.69 Å². The minimum Gasteiger partial charge on any atom is -0.263 e. The van der Waals surface area contributed by atoms with Crippen molar-refractivity contribution in [1.82, 2.24) is 0 Å². The van der Waals surface area contributed by atoms with Gasteiger partial charge in [0, 0.05) is 16.6 Å². The van der Waals surface area contributed by atoms with Gasteiger partial charge in [-0.3, -0.25) is 4.31 Å². The number of anilines is 1. The SMILES string of the molecule is C[C@H]1Cc2ccccc2N1S(=O)(=O)c1c(F)cc(F)cc1Br. The first-order valence-corrected chi connectivity index (χ1v) is 8.82. The Bertz CT molecular complexity index is 831. The molecule has 0 spiro atoms. The molecular weight excluding hydrogens is 376 g/mol. The Morgan fingerprint density at radius 2 is 1.91 bits per heavy atom. The largest absolute Gasteiger partial charge is 0.268 e. The lowest BCUT2D eigenvalue weighted by atomic mass is 10.1. The number of rotatable bonds is 2. The first-order chi connectivity index (χ1) is 10.3. The summed E-state index contributed by atoms with van der Waals surface area (Å²) in [7, 11) is -4.13. The number of nitrogens with zero attached hydrogens (tertiary/aromatic N) is 1. The van der Waals surface area contributed by atoms with Gasteiger partial charge >= 0.3 is 0 Å². The minimum atomic E-state index is -4.13. The molecule has 2 aromatic carbocycles. The Hall–Kier alpha value is -1.47. The van der Waals surface area contributed by atoms with Gasteiger partial charge in [-0.05, 0) is 47.0 Å². The highest BCUT2D eigenvalue weighted by atomic mass is 79.9. The summed E-state index contributed by atoms with van der Waals surface area (Å²) in [5, 5.41) is 0. The predicted octanol–water partition coefficient (Wildman–Crippen LogP) is 3.87. The summed E-state index contributed by atoms with van der Waals surface area (Å²) >= 11 is 2.95. The van der Waals surface area contributed by atoms with Crippen molar-refractivity contribution in [3.05, 3.63) is 58.1 Å². The third kappa shape index (κ3) is 2.32. The third-order valence-electron chi connectivity index (χ3n) is 3.62. The van der Waals surface area contributed by atoms with Crippen LogP contribution in [0.2, 0.25) is 0 Å². The van der Waals surface area contributed by atoms with Crippen LogP contribution in [-0.2, 0) is 16.4 Å². The molecule has 2 aromatic rings. The van der Waals surface area contributed by atoms with E-state index in [0.717, 1.165) is 11.6 Å². The second-order valence-corrected chi connectivity index (χ2v) is 7.79. The van der Waals surface area contributed by atoms with Crippen molar-refractivity contribution in [1.29, 1.82) is 0 Å². The van der Waals surface area contributed by atoms with Crippen molar-refractivity contribution < 1.29 is 17.2 Å². The maximum atomic E-state index is 14.1. The molecule has 3 nitrogen and oxygen atoms in total. The molecule has 0 amide bonds. The molecule has 0 aromatic heterocycles. The summed E-state index contributed by atoms with van der Waals surface area (Å²) in [5.41, 5.74) is 1.42. The molecule has 1 atom stereocenters. The standard InChI is InChI=1S/C15H12BrF2NO2S/c1-9-6-10-4-2-3-5-14(10)19(9)22(20,21)15-12(16)7-11(17)8-13(15)18/h2-5,7-9H,6H2,1H3/t9-/m0/s1. The van der Waals surface area contributed by atoms with Gasteiger partial charge in [0.1, 0.15) is 16.5 Å². The molecule has 0 N–H and O–H groups in total. The Morgan fingerprint density at radius 1 is 1.23 bits per heavy atom. The number of hydrogen-bond acceptors (Lipinski definition) is 2. The van der Waals surface area contributed by atoms with Gasteiger partial charge in [-0.15, -0.1) is 0 Å². The van der Waals surface area contributed by atoms with E-state index in [1.54, 1.807) is 19.1 Å². The van der Waals surface area contributed by atoms with Gasteiger partial charge in [-0.1, -0.05) is 18.2 Å². The average Bonchev–Trinajstić information content (AvgIpc) is 2.73. The monoisotopic (exact) mass is 387 g/mol.